The maximum Gasteiger partial charge on any atom is 0.134 e. The number of hydrogen-bond donors (Lipinski definition) is 0. The normalized spacial score (nSPS) is 15.1. The van der Waals surface area contributed by atoms with Crippen LogP contribution in [0.2, 0.25) is 0 Å². The SMILES string of the molecule is CCOC(C)C/C=C\C1=Cc2c(oc3ccc(-c4c5ccccc5c(-c5ccccc5)c5ccc(-c6ccc7ccccc7c6)cc45)cc23)CC1C. The van der Waals surface area contributed by atoms with E-state index in [-0.39, 0.29) is 6.10 Å². The fourth-order valence-corrected chi connectivity index (χ4v) is 8.25. The van der Waals surface area contributed by atoms with E-state index in [0.29, 0.717) is 5.92 Å². The van der Waals surface area contributed by atoms with Crippen molar-refractivity contribution in [3.63, 3.8) is 0 Å². The van der Waals surface area contributed by atoms with Crippen LogP contribution in [0.25, 0.3) is 82.7 Å². The summed E-state index contributed by atoms with van der Waals surface area (Å²) in [6.45, 7) is 7.23. The average Bonchev–Trinajstić information content (AvgIpc) is 3.53. The molecular weight excluding hydrogens is 633 g/mol. The molecule has 254 valence electrons. The van der Waals surface area contributed by atoms with Gasteiger partial charge >= 0.3 is 0 Å². The number of hydrogen-bond acceptors (Lipinski definition) is 2. The highest BCUT2D eigenvalue weighted by molar-refractivity contribution is 6.22. The number of benzene rings is 7. The van der Waals surface area contributed by atoms with Gasteiger partial charge in [-0.2, -0.15) is 0 Å². The summed E-state index contributed by atoms with van der Waals surface area (Å²) >= 11 is 0. The van der Waals surface area contributed by atoms with Gasteiger partial charge in [0.05, 0.1) is 6.10 Å². The summed E-state index contributed by atoms with van der Waals surface area (Å²) in [7, 11) is 0. The van der Waals surface area contributed by atoms with Crippen LogP contribution in [0.1, 0.15) is 38.5 Å². The molecule has 8 aromatic rings. The van der Waals surface area contributed by atoms with Gasteiger partial charge in [0.15, 0.2) is 0 Å². The standard InChI is InChI=1S/C50H42O2/c1-4-51-33(3)13-12-18-36-29-45-44-31-40(24-26-47(44)52-48(45)27-32(36)2)50-42-20-11-10-19-41(42)49(35-15-6-5-7-16-35)43-25-23-39(30-46(43)50)38-22-21-34-14-8-9-17-37(34)28-38/h5-12,14-26,28-33H,4,13,27H2,1-3H3/b18-12-. The molecule has 0 radical (unpaired) electrons. The molecule has 1 heterocycles. The van der Waals surface area contributed by atoms with Crippen molar-refractivity contribution in [3.8, 4) is 33.4 Å². The fraction of sp³-hybridized carbons (Fsp3) is 0.160. The summed E-state index contributed by atoms with van der Waals surface area (Å²) in [4.78, 5) is 0. The summed E-state index contributed by atoms with van der Waals surface area (Å²) in [5.41, 5.74) is 10.9. The van der Waals surface area contributed by atoms with Crippen molar-refractivity contribution in [1.29, 1.82) is 0 Å². The molecule has 1 aliphatic carbocycles. The van der Waals surface area contributed by atoms with Gasteiger partial charge in [0.1, 0.15) is 11.3 Å². The predicted octanol–water partition coefficient (Wildman–Crippen LogP) is 13.8. The van der Waals surface area contributed by atoms with E-state index in [4.69, 9.17) is 9.15 Å². The second-order valence-corrected chi connectivity index (χ2v) is 14.3. The lowest BCUT2D eigenvalue weighted by Gasteiger charge is -2.19. The lowest BCUT2D eigenvalue weighted by atomic mass is 9.84. The molecule has 1 aromatic heterocycles. The molecule has 0 aliphatic heterocycles. The van der Waals surface area contributed by atoms with Crippen LogP contribution in [-0.4, -0.2) is 12.7 Å². The molecular formula is C50H42O2. The Hall–Kier alpha value is -5.70. The Morgan fingerprint density at radius 2 is 1.31 bits per heavy atom. The molecule has 0 saturated carbocycles. The summed E-state index contributed by atoms with van der Waals surface area (Å²) < 4.78 is 12.3. The molecule has 1 aliphatic rings. The topological polar surface area (TPSA) is 22.4 Å². The molecule has 2 nitrogen and oxygen atoms in total. The van der Waals surface area contributed by atoms with Crippen LogP contribution in [0.3, 0.4) is 0 Å². The van der Waals surface area contributed by atoms with Crippen molar-refractivity contribution < 1.29 is 9.15 Å². The van der Waals surface area contributed by atoms with Crippen LogP contribution in [0.4, 0.5) is 0 Å². The predicted molar refractivity (Wildman–Crippen MR) is 221 cm³/mol. The van der Waals surface area contributed by atoms with Crippen molar-refractivity contribution in [1.82, 2.24) is 0 Å². The zero-order valence-corrected chi connectivity index (χ0v) is 30.0. The molecule has 0 bridgehead atoms. The molecule has 52 heavy (non-hydrogen) atoms. The van der Waals surface area contributed by atoms with E-state index in [1.807, 2.05) is 0 Å². The van der Waals surface area contributed by atoms with Crippen LogP contribution in [0, 0.1) is 5.92 Å². The van der Waals surface area contributed by atoms with Gasteiger partial charge in [0.2, 0.25) is 0 Å². The molecule has 2 unspecified atom stereocenters. The van der Waals surface area contributed by atoms with Crippen LogP contribution < -0.4 is 0 Å². The smallest absolute Gasteiger partial charge is 0.134 e. The van der Waals surface area contributed by atoms with Crippen molar-refractivity contribution >= 4 is 49.4 Å². The summed E-state index contributed by atoms with van der Waals surface area (Å²) in [5.74, 6) is 1.46. The van der Waals surface area contributed by atoms with Gasteiger partial charge in [-0.1, -0.05) is 128 Å². The average molecular weight is 675 g/mol. The Kier molecular flexibility index (Phi) is 8.33. The van der Waals surface area contributed by atoms with Gasteiger partial charge in [0.25, 0.3) is 0 Å². The largest absolute Gasteiger partial charge is 0.460 e. The first-order chi connectivity index (χ1) is 25.6. The van der Waals surface area contributed by atoms with E-state index in [9.17, 15) is 0 Å². The number of furan rings is 1. The molecule has 7 aromatic carbocycles. The van der Waals surface area contributed by atoms with E-state index >= 15 is 0 Å². The minimum absolute atomic E-state index is 0.216. The maximum atomic E-state index is 6.55. The molecule has 2 heteroatoms. The van der Waals surface area contributed by atoms with E-state index < -0.39 is 0 Å². The van der Waals surface area contributed by atoms with Crippen LogP contribution in [0.15, 0.2) is 156 Å². The molecule has 2 atom stereocenters. The van der Waals surface area contributed by atoms with Gasteiger partial charge in [-0.3, -0.25) is 0 Å². The Balaban J connectivity index is 1.26. The highest BCUT2D eigenvalue weighted by Gasteiger charge is 2.24. The zero-order chi connectivity index (χ0) is 35.2. The highest BCUT2D eigenvalue weighted by Crippen LogP contribution is 2.46. The van der Waals surface area contributed by atoms with Gasteiger partial charge in [-0.15, -0.1) is 0 Å². The van der Waals surface area contributed by atoms with Crippen LogP contribution >= 0.6 is 0 Å². The van der Waals surface area contributed by atoms with E-state index in [0.717, 1.165) is 30.8 Å². The Morgan fingerprint density at radius 3 is 2.12 bits per heavy atom. The quantitative estimate of drug-likeness (QED) is 0.150. The molecule has 0 amide bonds. The Labute approximate surface area is 305 Å². The molecule has 0 spiro atoms. The third kappa shape index (κ3) is 5.74. The third-order valence-electron chi connectivity index (χ3n) is 10.9. The number of rotatable bonds is 8. The van der Waals surface area contributed by atoms with Gasteiger partial charge in [-0.05, 0) is 128 Å². The molecule has 9 rings (SSSR count). The zero-order valence-electron chi connectivity index (χ0n) is 30.0. The minimum atomic E-state index is 0.216. The minimum Gasteiger partial charge on any atom is -0.460 e. The Bertz CT molecular complexity index is 2670. The molecule has 0 N–H and O–H groups in total. The van der Waals surface area contributed by atoms with Crippen molar-refractivity contribution in [2.45, 2.75) is 39.7 Å². The van der Waals surface area contributed by atoms with Crippen LogP contribution in [-0.2, 0) is 11.2 Å². The first-order valence-electron chi connectivity index (χ1n) is 18.6. The van der Waals surface area contributed by atoms with E-state index in [1.54, 1.807) is 0 Å². The maximum absolute atomic E-state index is 6.55. The van der Waals surface area contributed by atoms with Gasteiger partial charge < -0.3 is 9.15 Å². The second kappa shape index (κ2) is 13.5. The van der Waals surface area contributed by atoms with Gasteiger partial charge in [-0.25, -0.2) is 0 Å². The second-order valence-electron chi connectivity index (χ2n) is 14.3. The van der Waals surface area contributed by atoms with Crippen molar-refractivity contribution in [2.24, 2.45) is 5.92 Å². The van der Waals surface area contributed by atoms with E-state index in [2.05, 4.69) is 172 Å². The first-order valence-corrected chi connectivity index (χ1v) is 18.6. The van der Waals surface area contributed by atoms with Crippen molar-refractivity contribution in [3.05, 3.63) is 163 Å². The fourth-order valence-electron chi connectivity index (χ4n) is 8.25. The van der Waals surface area contributed by atoms with Crippen molar-refractivity contribution in [2.75, 3.05) is 6.61 Å². The van der Waals surface area contributed by atoms with E-state index in [1.165, 1.54) is 82.2 Å². The monoisotopic (exact) mass is 674 g/mol. The van der Waals surface area contributed by atoms with Crippen LogP contribution in [0.5, 0.6) is 0 Å². The molecule has 0 saturated heterocycles. The lowest BCUT2D eigenvalue weighted by molar-refractivity contribution is 0.0787. The highest BCUT2D eigenvalue weighted by atomic mass is 16.5. The first kappa shape index (κ1) is 32.2. The molecule has 0 fully saturated rings. The van der Waals surface area contributed by atoms with Gasteiger partial charge in [0, 0.05) is 24.0 Å². The number of ether oxygens (including phenoxy) is 1. The summed E-state index contributed by atoms with van der Waals surface area (Å²) in [5, 5.41) is 8.67. The summed E-state index contributed by atoms with van der Waals surface area (Å²) in [6, 6.07) is 49.0. The number of allylic oxidation sites excluding steroid dienone is 2. The Morgan fingerprint density at radius 1 is 0.654 bits per heavy atom. The lowest BCUT2D eigenvalue weighted by Crippen LogP contribution is -2.08. The third-order valence-corrected chi connectivity index (χ3v) is 10.9. The number of fused-ring (bicyclic) bond motifs is 6. The summed E-state index contributed by atoms with van der Waals surface area (Å²) in [6.07, 6.45) is 8.93.